The molecule has 8 heteroatoms. The first kappa shape index (κ1) is 21.3. The number of nitrogens with zero attached hydrogens (tertiary/aromatic N) is 2. The molecule has 0 spiro atoms. The van der Waals surface area contributed by atoms with Gasteiger partial charge >= 0.3 is 0 Å². The first-order valence-electron chi connectivity index (χ1n) is 9.87. The second-order valence-electron chi connectivity index (χ2n) is 7.25. The summed E-state index contributed by atoms with van der Waals surface area (Å²) in [5.41, 5.74) is 1.14. The molecule has 1 aliphatic rings. The minimum atomic E-state index is -0.659. The van der Waals surface area contributed by atoms with E-state index in [0.717, 1.165) is 23.4 Å². The molecule has 0 radical (unpaired) electrons. The maximum atomic E-state index is 12.6. The summed E-state index contributed by atoms with van der Waals surface area (Å²) in [5.74, 6) is -1.30. The zero-order valence-electron chi connectivity index (χ0n) is 16.9. The van der Waals surface area contributed by atoms with Crippen LogP contribution in [0, 0.1) is 6.92 Å². The van der Waals surface area contributed by atoms with Crippen molar-refractivity contribution in [3.63, 3.8) is 0 Å². The normalized spacial score (nSPS) is 13.9. The van der Waals surface area contributed by atoms with Crippen molar-refractivity contribution in [1.29, 1.82) is 0 Å². The molecule has 2 aromatic carbocycles. The van der Waals surface area contributed by atoms with E-state index < -0.39 is 17.2 Å². The quantitative estimate of drug-likeness (QED) is 0.494. The van der Waals surface area contributed by atoms with Crippen LogP contribution < -0.4 is 4.74 Å². The van der Waals surface area contributed by atoms with E-state index in [0.29, 0.717) is 45.6 Å². The van der Waals surface area contributed by atoms with Crippen molar-refractivity contribution in [2.75, 3.05) is 32.8 Å². The van der Waals surface area contributed by atoms with E-state index in [1.807, 2.05) is 31.2 Å². The predicted octanol–water partition coefficient (Wildman–Crippen LogP) is 2.26. The van der Waals surface area contributed by atoms with Gasteiger partial charge in [-0.2, -0.15) is 0 Å². The van der Waals surface area contributed by atoms with Gasteiger partial charge in [0.05, 0.1) is 6.61 Å². The molecule has 1 saturated heterocycles. The smallest absolute Gasteiger partial charge is 0.254 e. The highest BCUT2D eigenvalue weighted by molar-refractivity contribution is 5.95. The van der Waals surface area contributed by atoms with Crippen LogP contribution in [0.1, 0.15) is 28.8 Å². The molecule has 30 heavy (non-hydrogen) atoms. The van der Waals surface area contributed by atoms with Gasteiger partial charge < -0.3 is 29.9 Å². The standard InChI is InChI=1S/C22H26N2O6/c1-15-5-2-3-6-19(15)30-12-4-7-20(27)23-8-10-24(11-9-23)22(29)16-13-17(25)21(28)18(26)14-16/h2-3,5-6,13-14,25-26,28H,4,7-12H2,1H3. The highest BCUT2D eigenvalue weighted by Crippen LogP contribution is 2.35. The zero-order valence-corrected chi connectivity index (χ0v) is 16.9. The van der Waals surface area contributed by atoms with Crippen LogP contribution in [0.25, 0.3) is 0 Å². The molecule has 0 aromatic heterocycles. The van der Waals surface area contributed by atoms with Gasteiger partial charge in [0.25, 0.3) is 5.91 Å². The average Bonchev–Trinajstić information content (AvgIpc) is 2.75. The molecule has 0 saturated carbocycles. The summed E-state index contributed by atoms with van der Waals surface area (Å²) in [6.07, 6.45) is 0.984. The number of para-hydroxylation sites is 1. The minimum absolute atomic E-state index is 0.0235. The molecule has 0 bridgehead atoms. The Labute approximate surface area is 174 Å². The van der Waals surface area contributed by atoms with Crippen LogP contribution in [-0.2, 0) is 4.79 Å². The third kappa shape index (κ3) is 4.94. The minimum Gasteiger partial charge on any atom is -0.504 e. The van der Waals surface area contributed by atoms with Crippen molar-refractivity contribution in [3.8, 4) is 23.0 Å². The second-order valence-corrected chi connectivity index (χ2v) is 7.25. The Morgan fingerprint density at radius 3 is 2.20 bits per heavy atom. The largest absolute Gasteiger partial charge is 0.504 e. The molecule has 160 valence electrons. The fraction of sp³-hybridized carbons (Fsp3) is 0.364. The molecule has 2 amide bonds. The van der Waals surface area contributed by atoms with Crippen molar-refractivity contribution in [2.24, 2.45) is 0 Å². The van der Waals surface area contributed by atoms with Gasteiger partial charge in [-0.1, -0.05) is 18.2 Å². The van der Waals surface area contributed by atoms with Crippen molar-refractivity contribution in [2.45, 2.75) is 19.8 Å². The van der Waals surface area contributed by atoms with Crippen molar-refractivity contribution < 1.29 is 29.6 Å². The van der Waals surface area contributed by atoms with Crippen molar-refractivity contribution in [1.82, 2.24) is 9.80 Å². The molecule has 0 atom stereocenters. The second kappa shape index (κ2) is 9.39. The molecule has 1 fully saturated rings. The van der Waals surface area contributed by atoms with Crippen molar-refractivity contribution in [3.05, 3.63) is 47.5 Å². The molecular weight excluding hydrogens is 388 g/mol. The summed E-state index contributed by atoms with van der Waals surface area (Å²) in [6.45, 7) is 3.98. The maximum Gasteiger partial charge on any atom is 0.254 e. The lowest BCUT2D eigenvalue weighted by molar-refractivity contribution is -0.132. The molecule has 0 unspecified atom stereocenters. The molecule has 1 aliphatic heterocycles. The molecular formula is C22H26N2O6. The fourth-order valence-electron chi connectivity index (χ4n) is 3.35. The molecule has 3 rings (SSSR count). The maximum absolute atomic E-state index is 12.6. The molecule has 0 aliphatic carbocycles. The third-order valence-electron chi connectivity index (χ3n) is 5.12. The summed E-state index contributed by atoms with van der Waals surface area (Å²) in [7, 11) is 0. The number of hydrogen-bond donors (Lipinski definition) is 3. The molecule has 1 heterocycles. The zero-order chi connectivity index (χ0) is 21.7. The average molecular weight is 414 g/mol. The Kier molecular flexibility index (Phi) is 6.66. The van der Waals surface area contributed by atoms with E-state index in [4.69, 9.17) is 4.74 Å². The van der Waals surface area contributed by atoms with Gasteiger partial charge in [0.2, 0.25) is 5.91 Å². The number of aryl methyl sites for hydroxylation is 1. The number of carbonyl (C=O) groups excluding carboxylic acids is 2. The monoisotopic (exact) mass is 414 g/mol. The van der Waals surface area contributed by atoms with Crippen LogP contribution in [0.4, 0.5) is 0 Å². The van der Waals surface area contributed by atoms with Crippen LogP contribution in [0.3, 0.4) is 0 Å². The van der Waals surface area contributed by atoms with E-state index in [1.54, 1.807) is 9.80 Å². The van der Waals surface area contributed by atoms with Crippen LogP contribution in [0.15, 0.2) is 36.4 Å². The van der Waals surface area contributed by atoms with Gasteiger partial charge in [-0.3, -0.25) is 9.59 Å². The van der Waals surface area contributed by atoms with Crippen LogP contribution >= 0.6 is 0 Å². The Bertz CT molecular complexity index is 899. The SMILES string of the molecule is Cc1ccccc1OCCCC(=O)N1CCN(C(=O)c2cc(O)c(O)c(O)c2)CC1. The lowest BCUT2D eigenvalue weighted by atomic mass is 10.1. The highest BCUT2D eigenvalue weighted by Gasteiger charge is 2.25. The van der Waals surface area contributed by atoms with Gasteiger partial charge in [0.15, 0.2) is 17.2 Å². The first-order valence-corrected chi connectivity index (χ1v) is 9.87. The number of rotatable bonds is 6. The number of aromatic hydroxyl groups is 3. The Hall–Kier alpha value is -3.42. The van der Waals surface area contributed by atoms with Crippen LogP contribution in [0.5, 0.6) is 23.0 Å². The van der Waals surface area contributed by atoms with E-state index >= 15 is 0 Å². The van der Waals surface area contributed by atoms with Gasteiger partial charge in [-0.05, 0) is 37.1 Å². The number of benzene rings is 2. The lowest BCUT2D eigenvalue weighted by Crippen LogP contribution is -2.50. The van der Waals surface area contributed by atoms with Crippen LogP contribution in [0.2, 0.25) is 0 Å². The van der Waals surface area contributed by atoms with E-state index in [2.05, 4.69) is 0 Å². The summed E-state index contributed by atoms with van der Waals surface area (Å²) >= 11 is 0. The Morgan fingerprint density at radius 2 is 1.57 bits per heavy atom. The molecule has 3 N–H and O–H groups in total. The van der Waals surface area contributed by atoms with Crippen LogP contribution in [-0.4, -0.2) is 69.7 Å². The topological polar surface area (TPSA) is 111 Å². The molecule has 8 nitrogen and oxygen atoms in total. The van der Waals surface area contributed by atoms with Gasteiger partial charge in [0, 0.05) is 38.2 Å². The Balaban J connectivity index is 1.44. The highest BCUT2D eigenvalue weighted by atomic mass is 16.5. The van der Waals surface area contributed by atoms with E-state index in [-0.39, 0.29) is 17.4 Å². The van der Waals surface area contributed by atoms with Crippen molar-refractivity contribution >= 4 is 11.8 Å². The first-order chi connectivity index (χ1) is 14.4. The lowest BCUT2D eigenvalue weighted by Gasteiger charge is -2.35. The number of hydrogen-bond acceptors (Lipinski definition) is 6. The molecule has 2 aromatic rings. The number of phenolic OH excluding ortho intramolecular Hbond substituents is 3. The summed E-state index contributed by atoms with van der Waals surface area (Å²) in [5, 5.41) is 28.6. The van der Waals surface area contributed by atoms with E-state index in [1.165, 1.54) is 0 Å². The number of ether oxygens (including phenoxy) is 1. The van der Waals surface area contributed by atoms with Gasteiger partial charge in [-0.15, -0.1) is 0 Å². The number of carbonyl (C=O) groups is 2. The number of amides is 2. The summed E-state index contributed by atoms with van der Waals surface area (Å²) in [6, 6.07) is 9.97. The summed E-state index contributed by atoms with van der Waals surface area (Å²) < 4.78 is 5.72. The van der Waals surface area contributed by atoms with E-state index in [9.17, 15) is 24.9 Å². The number of piperazine rings is 1. The number of phenols is 3. The van der Waals surface area contributed by atoms with Gasteiger partial charge in [0.1, 0.15) is 5.75 Å². The third-order valence-corrected chi connectivity index (χ3v) is 5.12. The predicted molar refractivity (Wildman–Crippen MR) is 110 cm³/mol. The Morgan fingerprint density at radius 1 is 0.967 bits per heavy atom. The van der Waals surface area contributed by atoms with Gasteiger partial charge in [-0.25, -0.2) is 0 Å². The summed E-state index contributed by atoms with van der Waals surface area (Å²) in [4.78, 5) is 28.3. The fourth-order valence-corrected chi connectivity index (χ4v) is 3.35.